The van der Waals surface area contributed by atoms with Crippen LogP contribution in [0.3, 0.4) is 0 Å². The molecular formula is C21H27N5O4S2. The molecule has 0 saturated carbocycles. The second-order valence-corrected chi connectivity index (χ2v) is 10.2. The zero-order valence-electron chi connectivity index (χ0n) is 18.5. The minimum Gasteiger partial charge on any atom is -0.496 e. The number of para-hydroxylation sites is 1. The minimum absolute atomic E-state index is 0.156. The molecule has 3 rings (SSSR count). The predicted molar refractivity (Wildman–Crippen MR) is 123 cm³/mol. The van der Waals surface area contributed by atoms with Gasteiger partial charge in [0, 0.05) is 31.4 Å². The van der Waals surface area contributed by atoms with Crippen molar-refractivity contribution in [2.75, 3.05) is 20.2 Å². The zero-order valence-corrected chi connectivity index (χ0v) is 20.1. The highest BCUT2D eigenvalue weighted by Gasteiger charge is 2.24. The number of pyridine rings is 1. The largest absolute Gasteiger partial charge is 0.496 e. The van der Waals surface area contributed by atoms with Gasteiger partial charge in [0.05, 0.1) is 17.3 Å². The number of nitrogens with zero attached hydrogens (tertiary/aromatic N) is 4. The molecule has 0 aliphatic carbocycles. The standard InChI is InChI=1S/C21H27N5O4S2/c1-5-25(6-2)32(28,29)17-11-12-19-23-24-21(26(19)14-17)31-15(3)20(27)22-13-16-9-7-8-10-18(16)30-4/h7-12,14-15H,5-6,13H2,1-4H3,(H,22,27). The van der Waals surface area contributed by atoms with Crippen molar-refractivity contribution in [1.29, 1.82) is 0 Å². The number of aromatic nitrogens is 3. The maximum atomic E-state index is 12.9. The Balaban J connectivity index is 1.76. The molecule has 0 spiro atoms. The number of amides is 1. The minimum atomic E-state index is -3.62. The fourth-order valence-electron chi connectivity index (χ4n) is 3.18. The first-order chi connectivity index (χ1) is 15.3. The number of methoxy groups -OCH3 is 1. The summed E-state index contributed by atoms with van der Waals surface area (Å²) in [6, 6.07) is 10.6. The van der Waals surface area contributed by atoms with E-state index in [4.69, 9.17) is 4.74 Å². The summed E-state index contributed by atoms with van der Waals surface area (Å²) in [5.74, 6) is 0.531. The molecule has 0 fully saturated rings. The van der Waals surface area contributed by atoms with Gasteiger partial charge < -0.3 is 10.1 Å². The molecule has 11 heteroatoms. The van der Waals surface area contributed by atoms with Gasteiger partial charge in [-0.05, 0) is 25.1 Å². The van der Waals surface area contributed by atoms with Crippen LogP contribution in [-0.2, 0) is 21.4 Å². The zero-order chi connectivity index (χ0) is 23.3. The number of sulfonamides is 1. The lowest BCUT2D eigenvalue weighted by Gasteiger charge is -2.18. The van der Waals surface area contributed by atoms with Crippen molar-refractivity contribution >= 4 is 33.3 Å². The number of carbonyl (C=O) groups excluding carboxylic acids is 1. The molecule has 1 aromatic carbocycles. The number of nitrogens with one attached hydrogen (secondary N) is 1. The predicted octanol–water partition coefficient (Wildman–Crippen LogP) is 2.57. The molecule has 3 aromatic rings. The number of thioether (sulfide) groups is 1. The smallest absolute Gasteiger partial charge is 0.244 e. The number of benzene rings is 1. The van der Waals surface area contributed by atoms with E-state index in [0.717, 1.165) is 5.56 Å². The van der Waals surface area contributed by atoms with E-state index >= 15 is 0 Å². The van der Waals surface area contributed by atoms with Crippen molar-refractivity contribution in [2.24, 2.45) is 0 Å². The van der Waals surface area contributed by atoms with Gasteiger partial charge in [0.25, 0.3) is 0 Å². The lowest BCUT2D eigenvalue weighted by atomic mass is 10.2. The molecule has 2 aromatic heterocycles. The summed E-state index contributed by atoms with van der Waals surface area (Å²) in [4.78, 5) is 12.8. The Bertz CT molecular complexity index is 1190. The van der Waals surface area contributed by atoms with E-state index in [9.17, 15) is 13.2 Å². The highest BCUT2D eigenvalue weighted by molar-refractivity contribution is 8.00. The number of carbonyl (C=O) groups is 1. The van der Waals surface area contributed by atoms with Gasteiger partial charge in [-0.1, -0.05) is 43.8 Å². The van der Waals surface area contributed by atoms with E-state index in [1.807, 2.05) is 24.3 Å². The Labute approximate surface area is 192 Å². The molecule has 1 unspecified atom stereocenters. The van der Waals surface area contributed by atoms with Crippen LogP contribution in [0.4, 0.5) is 0 Å². The van der Waals surface area contributed by atoms with Gasteiger partial charge in [0.1, 0.15) is 5.75 Å². The Kier molecular flexibility index (Phi) is 7.75. The van der Waals surface area contributed by atoms with Gasteiger partial charge >= 0.3 is 0 Å². The lowest BCUT2D eigenvalue weighted by Crippen LogP contribution is -2.31. The molecule has 0 saturated heterocycles. The van der Waals surface area contributed by atoms with Crippen LogP contribution in [0.25, 0.3) is 5.65 Å². The maximum Gasteiger partial charge on any atom is 0.244 e. The van der Waals surface area contributed by atoms with Crippen LogP contribution in [0.2, 0.25) is 0 Å². The van der Waals surface area contributed by atoms with Crippen LogP contribution in [-0.4, -0.2) is 58.7 Å². The number of fused-ring (bicyclic) bond motifs is 1. The summed E-state index contributed by atoms with van der Waals surface area (Å²) in [5.41, 5.74) is 1.38. The van der Waals surface area contributed by atoms with Crippen molar-refractivity contribution in [1.82, 2.24) is 24.2 Å². The highest BCUT2D eigenvalue weighted by atomic mass is 32.2. The summed E-state index contributed by atoms with van der Waals surface area (Å²) in [6.07, 6.45) is 1.50. The molecule has 2 heterocycles. The first kappa shape index (κ1) is 24.0. The molecule has 0 aliphatic rings. The van der Waals surface area contributed by atoms with Gasteiger partial charge in [0.2, 0.25) is 15.9 Å². The van der Waals surface area contributed by atoms with Crippen LogP contribution in [0.5, 0.6) is 5.75 Å². The van der Waals surface area contributed by atoms with Gasteiger partial charge in [-0.2, -0.15) is 4.31 Å². The number of ether oxygens (including phenoxy) is 1. The van der Waals surface area contributed by atoms with Gasteiger partial charge in [-0.25, -0.2) is 8.42 Å². The van der Waals surface area contributed by atoms with Crippen molar-refractivity contribution in [3.63, 3.8) is 0 Å². The highest BCUT2D eigenvalue weighted by Crippen LogP contribution is 2.25. The fourth-order valence-corrected chi connectivity index (χ4v) is 5.49. The van der Waals surface area contributed by atoms with Crippen molar-refractivity contribution in [2.45, 2.75) is 42.6 Å². The van der Waals surface area contributed by atoms with Gasteiger partial charge in [-0.3, -0.25) is 9.20 Å². The third-order valence-corrected chi connectivity index (χ3v) is 8.07. The molecule has 0 bridgehead atoms. The van der Waals surface area contributed by atoms with Gasteiger partial charge in [0.15, 0.2) is 10.8 Å². The first-order valence-corrected chi connectivity index (χ1v) is 12.5. The molecule has 0 radical (unpaired) electrons. The summed E-state index contributed by atoms with van der Waals surface area (Å²) in [5, 5.41) is 11.1. The molecule has 172 valence electrons. The first-order valence-electron chi connectivity index (χ1n) is 10.2. The van der Waals surface area contributed by atoms with E-state index in [2.05, 4.69) is 15.5 Å². The van der Waals surface area contributed by atoms with Crippen molar-refractivity contribution in [3.05, 3.63) is 48.2 Å². The van der Waals surface area contributed by atoms with E-state index in [0.29, 0.717) is 36.2 Å². The second kappa shape index (κ2) is 10.3. The molecule has 1 amide bonds. The average Bonchev–Trinajstić information content (AvgIpc) is 3.20. The van der Waals surface area contributed by atoms with E-state index in [1.54, 1.807) is 38.3 Å². The molecule has 1 N–H and O–H groups in total. The Morgan fingerprint density at radius 3 is 2.59 bits per heavy atom. The summed E-state index contributed by atoms with van der Waals surface area (Å²) in [7, 11) is -2.03. The fraction of sp³-hybridized carbons (Fsp3) is 0.381. The van der Waals surface area contributed by atoms with Crippen LogP contribution in [0, 0.1) is 0 Å². The van der Waals surface area contributed by atoms with Crippen LogP contribution in [0.1, 0.15) is 26.3 Å². The summed E-state index contributed by atoms with van der Waals surface area (Å²) in [6.45, 7) is 6.45. The number of hydrogen-bond acceptors (Lipinski definition) is 7. The third-order valence-electron chi connectivity index (χ3n) is 4.98. The van der Waals surface area contributed by atoms with Crippen molar-refractivity contribution in [3.8, 4) is 5.75 Å². The third kappa shape index (κ3) is 5.05. The molecule has 0 aliphatic heterocycles. The topological polar surface area (TPSA) is 106 Å². The quantitative estimate of drug-likeness (QED) is 0.447. The van der Waals surface area contributed by atoms with Crippen LogP contribution < -0.4 is 10.1 Å². The Morgan fingerprint density at radius 1 is 1.19 bits per heavy atom. The monoisotopic (exact) mass is 477 g/mol. The summed E-state index contributed by atoms with van der Waals surface area (Å²) >= 11 is 1.21. The van der Waals surface area contributed by atoms with Crippen LogP contribution >= 0.6 is 11.8 Å². The van der Waals surface area contributed by atoms with E-state index in [1.165, 1.54) is 28.3 Å². The van der Waals surface area contributed by atoms with Gasteiger partial charge in [-0.15, -0.1) is 10.2 Å². The Hall–Kier alpha value is -2.63. The lowest BCUT2D eigenvalue weighted by molar-refractivity contribution is -0.120. The summed E-state index contributed by atoms with van der Waals surface area (Å²) < 4.78 is 34.0. The SMILES string of the molecule is CCN(CC)S(=O)(=O)c1ccc2nnc(SC(C)C(=O)NCc3ccccc3OC)n2c1. The Morgan fingerprint density at radius 2 is 1.91 bits per heavy atom. The second-order valence-electron chi connectivity index (χ2n) is 6.95. The maximum absolute atomic E-state index is 12.9. The average molecular weight is 478 g/mol. The molecule has 1 atom stereocenters. The molecule has 32 heavy (non-hydrogen) atoms. The van der Waals surface area contributed by atoms with Crippen LogP contribution in [0.15, 0.2) is 52.6 Å². The number of hydrogen-bond donors (Lipinski definition) is 1. The van der Waals surface area contributed by atoms with E-state index in [-0.39, 0.29) is 10.8 Å². The molecule has 9 nitrogen and oxygen atoms in total. The normalized spacial score (nSPS) is 12.8. The molecular weight excluding hydrogens is 450 g/mol. The van der Waals surface area contributed by atoms with Crippen molar-refractivity contribution < 1.29 is 17.9 Å². The number of rotatable bonds is 10. The van der Waals surface area contributed by atoms with E-state index < -0.39 is 15.3 Å².